The summed E-state index contributed by atoms with van der Waals surface area (Å²) in [6.07, 6.45) is 4.81. The summed E-state index contributed by atoms with van der Waals surface area (Å²) >= 11 is 1.59. The average Bonchev–Trinajstić information content (AvgIpc) is 4.07. The minimum absolute atomic E-state index is 0.0448. The summed E-state index contributed by atoms with van der Waals surface area (Å²) in [6.45, 7) is 37.4. The lowest BCUT2D eigenvalue weighted by Gasteiger charge is -2.42. The first kappa shape index (κ1) is 59.5. The second-order valence-electron chi connectivity index (χ2n) is 23.0. The number of aromatic hydroxyl groups is 3. The van der Waals surface area contributed by atoms with Gasteiger partial charge in [-0.2, -0.15) is 0 Å². The van der Waals surface area contributed by atoms with Crippen LogP contribution in [-0.2, 0) is 40.2 Å². The number of rotatable bonds is 9. The second-order valence-corrected chi connectivity index (χ2v) is 24.1. The minimum Gasteiger partial charge on any atom is -0.507 e. The molecular formula is C62H86N6O9S. The lowest BCUT2D eigenvalue weighted by atomic mass is 9.86. The van der Waals surface area contributed by atoms with Crippen LogP contribution in [0.5, 0.6) is 34.5 Å². The van der Waals surface area contributed by atoms with E-state index in [-0.39, 0.29) is 17.7 Å². The highest BCUT2D eigenvalue weighted by Crippen LogP contribution is 2.46. The highest BCUT2D eigenvalue weighted by Gasteiger charge is 2.45. The van der Waals surface area contributed by atoms with Crippen LogP contribution in [0.3, 0.4) is 0 Å². The molecule has 4 N–H and O–H groups in total. The van der Waals surface area contributed by atoms with Crippen LogP contribution in [0.2, 0.25) is 0 Å². The van der Waals surface area contributed by atoms with Gasteiger partial charge in [-0.15, -0.1) is 11.3 Å². The van der Waals surface area contributed by atoms with E-state index < -0.39 is 16.8 Å². The van der Waals surface area contributed by atoms with Crippen molar-refractivity contribution >= 4 is 34.8 Å². The number of nitrogens with one attached hydrogen (secondary N) is 1. The van der Waals surface area contributed by atoms with Crippen LogP contribution in [0.15, 0.2) is 21.5 Å². The van der Waals surface area contributed by atoms with Gasteiger partial charge in [-0.05, 0) is 197 Å². The first-order valence-corrected chi connectivity index (χ1v) is 28.6. The number of aryl methyl sites for hydroxylation is 1. The number of thiazole rings is 1. The third-order valence-corrected chi connectivity index (χ3v) is 18.5. The number of fused-ring (bicyclic) bond motifs is 3. The van der Waals surface area contributed by atoms with E-state index in [1.54, 1.807) is 23.3 Å². The number of benzene rings is 3. The van der Waals surface area contributed by atoms with E-state index in [9.17, 15) is 29.7 Å². The zero-order valence-corrected chi connectivity index (χ0v) is 50.4. The van der Waals surface area contributed by atoms with Crippen molar-refractivity contribution in [2.24, 2.45) is 4.99 Å². The molecule has 0 saturated carbocycles. The quantitative estimate of drug-likeness (QED) is 0.125. The van der Waals surface area contributed by atoms with Gasteiger partial charge < -0.3 is 49.5 Å². The van der Waals surface area contributed by atoms with E-state index in [4.69, 9.17) is 14.2 Å². The van der Waals surface area contributed by atoms with Gasteiger partial charge in [0.1, 0.15) is 34.5 Å². The lowest BCUT2D eigenvalue weighted by Crippen LogP contribution is -2.57. The molecule has 0 radical (unpaired) electrons. The molecule has 0 spiro atoms. The predicted molar refractivity (Wildman–Crippen MR) is 309 cm³/mol. The summed E-state index contributed by atoms with van der Waals surface area (Å²) in [4.78, 5) is 54.0. The van der Waals surface area contributed by atoms with Crippen LogP contribution >= 0.6 is 11.3 Å². The van der Waals surface area contributed by atoms with Gasteiger partial charge in [-0.3, -0.25) is 19.4 Å². The van der Waals surface area contributed by atoms with Crippen molar-refractivity contribution in [3.05, 3.63) is 94.0 Å². The van der Waals surface area contributed by atoms with Crippen LogP contribution in [0, 0.1) is 69.2 Å². The molecule has 16 heteroatoms. The summed E-state index contributed by atoms with van der Waals surface area (Å²) in [5, 5.41) is 36.9. The number of aliphatic imine (C=N–C) groups is 1. The summed E-state index contributed by atoms with van der Waals surface area (Å²) in [5.74, 6) is 3.28. The predicted octanol–water partition coefficient (Wildman–Crippen LogP) is 10.1. The van der Waals surface area contributed by atoms with Crippen molar-refractivity contribution < 1.29 is 43.9 Å². The van der Waals surface area contributed by atoms with Crippen molar-refractivity contribution in [1.29, 1.82) is 0 Å². The summed E-state index contributed by atoms with van der Waals surface area (Å²) in [5.41, 5.74) is 12.8. The third kappa shape index (κ3) is 11.6. The zero-order valence-electron chi connectivity index (χ0n) is 49.6. The zero-order chi connectivity index (χ0) is 57.5. The van der Waals surface area contributed by atoms with E-state index in [0.29, 0.717) is 56.0 Å². The Morgan fingerprint density at radius 2 is 1.10 bits per heavy atom. The SMILES string of the molecule is CC1=NCC(C)=C1CCNC(=O)C1(C)CCc2c(C)c(O)c(C)c(C)c2O1.CCN1CCN(C(=O)C2(C)CCc3c(C)c(O)c(C)c(C)c3O2)CC1.Cc1nc(CN(C)C(=O)C2(C)CCc3c(C)c(O)c(C)c(C)c3O2)cs1. The number of hydrogen-bond donors (Lipinski definition) is 4. The first-order valence-electron chi connectivity index (χ1n) is 27.8. The Labute approximate surface area is 467 Å². The molecule has 4 aromatic rings. The van der Waals surface area contributed by atoms with Crippen molar-refractivity contribution in [1.82, 2.24) is 25.0 Å². The van der Waals surface area contributed by atoms with Gasteiger partial charge in [0.05, 0.1) is 23.8 Å². The summed E-state index contributed by atoms with van der Waals surface area (Å²) in [7, 11) is 1.79. The molecule has 15 nitrogen and oxygen atoms in total. The number of piperazine rings is 1. The van der Waals surface area contributed by atoms with E-state index in [1.807, 2.05) is 107 Å². The molecule has 5 aliphatic heterocycles. The highest BCUT2D eigenvalue weighted by molar-refractivity contribution is 7.09. The van der Waals surface area contributed by atoms with Gasteiger partial charge in [0.25, 0.3) is 17.7 Å². The van der Waals surface area contributed by atoms with E-state index in [2.05, 4.69) is 34.0 Å². The standard InChI is InChI=1S/C22H30N2O3.C20H26N2O3S.C20H30N2O3/c1-12-11-24-16(5)17(12)8-10-23-21(26)22(6)9-7-18-15(4)19(25)13(2)14(3)20(18)27-22;1-11-12(2)18-16(13(3)17(11)23)7-8-20(5,25-18)19(24)22(6)9-15-10-26-14(4)21-15;1-6-21-9-11-22(12-10-21)19(24)20(5)8-7-16-15(4)17(23)13(2)14(3)18(16)25-20/h25H,7-11H2,1-6H3,(H,23,26);10,23H,7-9H2,1-6H3;23H,6-12H2,1-5H3. The number of carbonyl (C=O) groups is 3. The maximum Gasteiger partial charge on any atom is 0.266 e. The molecule has 424 valence electrons. The Morgan fingerprint density at radius 3 is 1.54 bits per heavy atom. The van der Waals surface area contributed by atoms with Gasteiger partial charge in [0.2, 0.25) is 0 Å². The van der Waals surface area contributed by atoms with Crippen molar-refractivity contribution in [3.63, 3.8) is 0 Å². The smallest absolute Gasteiger partial charge is 0.266 e. The van der Waals surface area contributed by atoms with Crippen molar-refractivity contribution in [2.75, 3.05) is 52.9 Å². The van der Waals surface area contributed by atoms with Gasteiger partial charge >= 0.3 is 0 Å². The molecule has 0 aliphatic carbocycles. The lowest BCUT2D eigenvalue weighted by molar-refractivity contribution is -0.150. The van der Waals surface area contributed by atoms with Crippen molar-refractivity contribution in [2.45, 2.75) is 179 Å². The van der Waals surface area contributed by atoms with Gasteiger partial charge in [0, 0.05) is 86.8 Å². The van der Waals surface area contributed by atoms with Crippen LogP contribution in [-0.4, -0.2) is 128 Å². The molecule has 1 aromatic heterocycles. The number of carbonyl (C=O) groups excluding carboxylic acids is 3. The topological polar surface area (TPSA) is 187 Å². The fourth-order valence-electron chi connectivity index (χ4n) is 11.6. The van der Waals surface area contributed by atoms with E-state index >= 15 is 0 Å². The molecule has 78 heavy (non-hydrogen) atoms. The van der Waals surface area contributed by atoms with Crippen LogP contribution in [0.4, 0.5) is 0 Å². The number of aromatic nitrogens is 1. The molecule has 5 aliphatic rings. The Bertz CT molecular complexity index is 3080. The Morgan fingerprint density at radius 1 is 0.654 bits per heavy atom. The summed E-state index contributed by atoms with van der Waals surface area (Å²) in [6, 6.07) is 0. The van der Waals surface area contributed by atoms with E-state index in [0.717, 1.165) is 159 Å². The monoisotopic (exact) mass is 1090 g/mol. The van der Waals surface area contributed by atoms with Crippen LogP contribution < -0.4 is 19.5 Å². The second kappa shape index (κ2) is 23.3. The molecule has 6 heterocycles. The van der Waals surface area contributed by atoms with Crippen LogP contribution in [0.1, 0.15) is 145 Å². The molecule has 1 fully saturated rings. The highest BCUT2D eigenvalue weighted by atomic mass is 32.1. The maximum atomic E-state index is 13.2. The molecule has 9 rings (SSSR count). The van der Waals surface area contributed by atoms with Crippen molar-refractivity contribution in [3.8, 4) is 34.5 Å². The molecule has 3 atom stereocenters. The fourth-order valence-corrected chi connectivity index (χ4v) is 12.2. The summed E-state index contributed by atoms with van der Waals surface area (Å²) < 4.78 is 18.8. The molecule has 3 amide bonds. The maximum absolute atomic E-state index is 13.2. The Hall–Kier alpha value is -6.13. The number of amides is 3. The first-order chi connectivity index (χ1) is 36.6. The van der Waals surface area contributed by atoms with Gasteiger partial charge in [0.15, 0.2) is 16.8 Å². The Kier molecular flexibility index (Phi) is 17.8. The number of hydrogen-bond acceptors (Lipinski definition) is 13. The molecular weight excluding hydrogens is 1000 g/mol. The molecule has 3 aromatic carbocycles. The molecule has 1 saturated heterocycles. The third-order valence-electron chi connectivity index (χ3n) is 17.6. The number of phenolic OH excluding ortho intramolecular Hbond substituents is 3. The number of ether oxygens (including phenoxy) is 3. The minimum atomic E-state index is -0.909. The molecule has 3 unspecified atom stereocenters. The number of nitrogens with zero attached hydrogens (tertiary/aromatic N) is 5. The molecule has 0 bridgehead atoms. The fraction of sp³-hybridized carbons (Fsp3) is 0.565. The van der Waals surface area contributed by atoms with Gasteiger partial charge in [-0.25, -0.2) is 4.98 Å². The Balaban J connectivity index is 0.000000170. The normalized spacial score (nSPS) is 21.5. The number of likely N-dealkylation sites (N-methyl/N-ethyl adjacent to an activating group) is 2. The average molecular weight is 1090 g/mol. The van der Waals surface area contributed by atoms with Crippen LogP contribution in [0.25, 0.3) is 0 Å². The number of phenols is 3. The largest absolute Gasteiger partial charge is 0.507 e. The van der Waals surface area contributed by atoms with Gasteiger partial charge in [-0.1, -0.05) is 6.92 Å². The van der Waals surface area contributed by atoms with E-state index in [1.165, 1.54) is 11.1 Å².